The number of amides is 1. The van der Waals surface area contributed by atoms with Crippen molar-refractivity contribution in [1.82, 2.24) is 9.88 Å². The van der Waals surface area contributed by atoms with Gasteiger partial charge in [0.25, 0.3) is 0 Å². The zero-order valence-electron chi connectivity index (χ0n) is 18.1. The number of benzene rings is 1. The second-order valence-electron chi connectivity index (χ2n) is 9.93. The zero-order chi connectivity index (χ0) is 21.9. The molecule has 32 heavy (non-hydrogen) atoms. The summed E-state index contributed by atoms with van der Waals surface area (Å²) in [6.07, 6.45) is 8.67. The standard InChI is InChI=1S/C26H27FN2O3/c27-22(17-3-1-2-4-17)18-5-7-19(8-6-18)25(10-11-25)24(31)29-14-12-26(16-29)21-9-13-28-15-20(21)23(30)32-26/h5-9,13,15,17,22H,1-4,10-12,14,16H2. The van der Waals surface area contributed by atoms with Gasteiger partial charge in [0.1, 0.15) is 6.17 Å². The molecule has 6 heteroatoms. The quantitative estimate of drug-likeness (QED) is 0.660. The van der Waals surface area contributed by atoms with Crippen LogP contribution in [0.2, 0.25) is 0 Å². The first kappa shape index (κ1) is 19.9. The molecule has 2 aliphatic carbocycles. The third-order valence-electron chi connectivity index (χ3n) is 8.09. The van der Waals surface area contributed by atoms with Crippen molar-refractivity contribution in [3.8, 4) is 0 Å². The fourth-order valence-corrected chi connectivity index (χ4v) is 6.06. The van der Waals surface area contributed by atoms with Crippen molar-refractivity contribution in [2.45, 2.75) is 62.1 Å². The van der Waals surface area contributed by atoms with Gasteiger partial charge in [-0.15, -0.1) is 0 Å². The topological polar surface area (TPSA) is 59.5 Å². The smallest absolute Gasteiger partial charge is 0.341 e. The summed E-state index contributed by atoms with van der Waals surface area (Å²) in [4.78, 5) is 31.8. The van der Waals surface area contributed by atoms with Crippen molar-refractivity contribution in [2.24, 2.45) is 5.92 Å². The summed E-state index contributed by atoms with van der Waals surface area (Å²) in [7, 11) is 0. The number of esters is 1. The number of hydrogen-bond donors (Lipinski definition) is 0. The van der Waals surface area contributed by atoms with E-state index in [0.29, 0.717) is 25.1 Å². The molecular weight excluding hydrogens is 407 g/mol. The van der Waals surface area contributed by atoms with E-state index in [1.807, 2.05) is 35.2 Å². The van der Waals surface area contributed by atoms with Gasteiger partial charge in [-0.3, -0.25) is 9.78 Å². The minimum absolute atomic E-state index is 0.0910. The Hall–Kier alpha value is -2.76. The second kappa shape index (κ2) is 7.12. The molecule has 3 heterocycles. The first-order valence-electron chi connectivity index (χ1n) is 11.7. The number of likely N-dealkylation sites (tertiary alicyclic amines) is 1. The molecule has 5 nitrogen and oxygen atoms in total. The van der Waals surface area contributed by atoms with Gasteiger partial charge in [-0.25, -0.2) is 9.18 Å². The minimum atomic E-state index is -0.914. The van der Waals surface area contributed by atoms with Crippen LogP contribution in [0.5, 0.6) is 0 Å². The first-order chi connectivity index (χ1) is 15.5. The van der Waals surface area contributed by atoms with Crippen LogP contribution in [0.3, 0.4) is 0 Å². The van der Waals surface area contributed by atoms with E-state index >= 15 is 0 Å². The van der Waals surface area contributed by atoms with Crippen molar-refractivity contribution in [3.05, 3.63) is 65.0 Å². The molecule has 2 saturated carbocycles. The lowest BCUT2D eigenvalue weighted by molar-refractivity contribution is -0.134. The van der Waals surface area contributed by atoms with Crippen LogP contribution in [0.1, 0.15) is 78.2 Å². The number of aromatic nitrogens is 1. The summed E-state index contributed by atoms with van der Waals surface area (Å²) in [6, 6.07) is 9.48. The van der Waals surface area contributed by atoms with Crippen molar-refractivity contribution < 1.29 is 18.7 Å². The molecule has 0 radical (unpaired) electrons. The van der Waals surface area contributed by atoms with Crippen molar-refractivity contribution >= 4 is 11.9 Å². The molecule has 1 amide bonds. The Kier molecular flexibility index (Phi) is 4.43. The molecule has 2 aliphatic heterocycles. The lowest BCUT2D eigenvalue weighted by Crippen LogP contribution is -2.40. The van der Waals surface area contributed by atoms with Crippen LogP contribution < -0.4 is 0 Å². The number of halogens is 1. The highest BCUT2D eigenvalue weighted by Crippen LogP contribution is 2.52. The van der Waals surface area contributed by atoms with Crippen LogP contribution >= 0.6 is 0 Å². The maximum absolute atomic E-state index is 14.9. The summed E-state index contributed by atoms with van der Waals surface area (Å²) < 4.78 is 20.7. The van der Waals surface area contributed by atoms with E-state index in [9.17, 15) is 14.0 Å². The molecule has 1 spiro atoms. The summed E-state index contributed by atoms with van der Waals surface area (Å²) in [5, 5.41) is 0. The first-order valence-corrected chi connectivity index (χ1v) is 11.7. The second-order valence-corrected chi connectivity index (χ2v) is 9.93. The maximum atomic E-state index is 14.9. The number of carbonyl (C=O) groups is 2. The SMILES string of the molecule is O=C1OC2(CCN(C(=O)C3(c4ccc(C(F)C5CCCC5)cc4)CC3)C2)c2ccncc21. The van der Waals surface area contributed by atoms with E-state index in [0.717, 1.165) is 55.2 Å². The molecule has 2 aromatic rings. The Morgan fingerprint density at radius 2 is 1.88 bits per heavy atom. The molecule has 1 aromatic heterocycles. The molecule has 3 fully saturated rings. The lowest BCUT2D eigenvalue weighted by atomic mass is 9.90. The molecule has 2 unspecified atom stereocenters. The van der Waals surface area contributed by atoms with Gasteiger partial charge in [-0.05, 0) is 48.8 Å². The number of fused-ring (bicyclic) bond motifs is 2. The largest absolute Gasteiger partial charge is 0.449 e. The summed E-state index contributed by atoms with van der Waals surface area (Å²) in [5.74, 6) is -0.138. The van der Waals surface area contributed by atoms with Gasteiger partial charge in [0, 0.05) is 30.9 Å². The van der Waals surface area contributed by atoms with Gasteiger partial charge in [0.05, 0.1) is 17.5 Å². The molecular formula is C26H27FN2O3. The van der Waals surface area contributed by atoms with Crippen molar-refractivity contribution in [1.29, 1.82) is 0 Å². The number of carbonyl (C=O) groups excluding carboxylic acids is 2. The summed E-state index contributed by atoms with van der Waals surface area (Å²) in [5.41, 5.74) is 1.76. The average Bonchev–Trinajstić information content (AvgIpc) is 3.15. The van der Waals surface area contributed by atoms with Crippen LogP contribution in [0, 0.1) is 5.92 Å². The molecule has 0 N–H and O–H groups in total. The van der Waals surface area contributed by atoms with Gasteiger partial charge in [0.15, 0.2) is 5.60 Å². The fraction of sp³-hybridized carbons (Fsp3) is 0.500. The average molecular weight is 435 g/mol. The molecule has 1 saturated heterocycles. The third-order valence-corrected chi connectivity index (χ3v) is 8.09. The van der Waals surface area contributed by atoms with Gasteiger partial charge >= 0.3 is 5.97 Å². The molecule has 4 aliphatic rings. The van der Waals surface area contributed by atoms with Gasteiger partial charge in [-0.2, -0.15) is 0 Å². The predicted octanol–water partition coefficient (Wildman–Crippen LogP) is 4.61. The molecule has 1 aromatic carbocycles. The molecule has 0 bridgehead atoms. The van der Waals surface area contributed by atoms with Crippen LogP contribution in [0.25, 0.3) is 0 Å². The Morgan fingerprint density at radius 1 is 1.12 bits per heavy atom. The van der Waals surface area contributed by atoms with Crippen molar-refractivity contribution in [2.75, 3.05) is 13.1 Å². The zero-order valence-corrected chi connectivity index (χ0v) is 18.1. The fourth-order valence-electron chi connectivity index (χ4n) is 6.06. The van der Waals surface area contributed by atoms with Crippen LogP contribution in [-0.2, 0) is 20.5 Å². The monoisotopic (exact) mass is 434 g/mol. The predicted molar refractivity (Wildman–Crippen MR) is 116 cm³/mol. The summed E-state index contributed by atoms with van der Waals surface area (Å²) >= 11 is 0. The van der Waals surface area contributed by atoms with Gasteiger partial charge < -0.3 is 9.64 Å². The molecule has 2 atom stereocenters. The number of ether oxygens (including phenoxy) is 1. The molecule has 166 valence electrons. The van der Waals surface area contributed by atoms with Crippen molar-refractivity contribution in [3.63, 3.8) is 0 Å². The highest BCUT2D eigenvalue weighted by atomic mass is 19.1. The number of pyridine rings is 1. The highest BCUT2D eigenvalue weighted by molar-refractivity contribution is 5.95. The Balaban J connectivity index is 1.20. The highest BCUT2D eigenvalue weighted by Gasteiger charge is 2.57. The van der Waals surface area contributed by atoms with E-state index < -0.39 is 17.2 Å². The number of nitrogens with zero attached hydrogens (tertiary/aromatic N) is 2. The van der Waals surface area contributed by atoms with E-state index in [1.54, 1.807) is 12.4 Å². The van der Waals surface area contributed by atoms with Crippen LogP contribution in [0.15, 0.2) is 42.7 Å². The molecule has 6 rings (SSSR count). The van der Waals surface area contributed by atoms with Gasteiger partial charge in [-0.1, -0.05) is 37.1 Å². The third kappa shape index (κ3) is 2.91. The summed E-state index contributed by atoms with van der Waals surface area (Å²) in [6.45, 7) is 0.935. The number of hydrogen-bond acceptors (Lipinski definition) is 4. The van der Waals surface area contributed by atoms with Gasteiger partial charge in [0.2, 0.25) is 5.91 Å². The Morgan fingerprint density at radius 3 is 2.59 bits per heavy atom. The lowest BCUT2D eigenvalue weighted by Gasteiger charge is -2.27. The normalized spacial score (nSPS) is 26.9. The number of alkyl halides is 1. The van der Waals surface area contributed by atoms with E-state index in [-0.39, 0.29) is 17.8 Å². The number of rotatable bonds is 4. The van der Waals surface area contributed by atoms with Crippen LogP contribution in [-0.4, -0.2) is 34.8 Å². The maximum Gasteiger partial charge on any atom is 0.341 e. The Labute approximate surface area is 187 Å². The minimum Gasteiger partial charge on any atom is -0.449 e. The van der Waals surface area contributed by atoms with Crippen LogP contribution in [0.4, 0.5) is 4.39 Å². The van der Waals surface area contributed by atoms with E-state index in [1.165, 1.54) is 0 Å². The van der Waals surface area contributed by atoms with E-state index in [4.69, 9.17) is 4.74 Å². The Bertz CT molecular complexity index is 1070. The van der Waals surface area contributed by atoms with E-state index in [2.05, 4.69) is 4.98 Å².